The van der Waals surface area contributed by atoms with E-state index in [1.54, 1.807) is 24.4 Å². The topological polar surface area (TPSA) is 81.2 Å². The molecule has 8 nitrogen and oxygen atoms in total. The summed E-state index contributed by atoms with van der Waals surface area (Å²) in [6, 6.07) is 12.5. The minimum Gasteiger partial charge on any atom is -0.493 e. The lowest BCUT2D eigenvalue weighted by atomic mass is 9.97. The normalized spacial score (nSPS) is 17.2. The van der Waals surface area contributed by atoms with Gasteiger partial charge in [0.05, 0.1) is 31.9 Å². The number of aromatic nitrogens is 1. The van der Waals surface area contributed by atoms with Gasteiger partial charge >= 0.3 is 18.1 Å². The Labute approximate surface area is 235 Å². The number of ether oxygens (including phenoxy) is 3. The number of methoxy groups -OCH3 is 1. The molecule has 0 unspecified atom stereocenters. The number of esters is 1. The van der Waals surface area contributed by atoms with Gasteiger partial charge in [-0.05, 0) is 43.2 Å². The highest BCUT2D eigenvalue weighted by molar-refractivity contribution is 5.98. The second kappa shape index (κ2) is 11.3. The van der Waals surface area contributed by atoms with Crippen molar-refractivity contribution in [2.75, 3.05) is 36.7 Å². The van der Waals surface area contributed by atoms with Crippen LogP contribution < -0.4 is 19.3 Å². The Morgan fingerprint density at radius 2 is 1.88 bits per heavy atom. The molecule has 0 radical (unpaired) electrons. The van der Waals surface area contributed by atoms with E-state index in [-0.39, 0.29) is 31.2 Å². The van der Waals surface area contributed by atoms with Crippen molar-refractivity contribution >= 4 is 29.1 Å². The zero-order valence-electron chi connectivity index (χ0n) is 22.9. The molecular formula is C30H30F3N3O5. The van der Waals surface area contributed by atoms with Crippen molar-refractivity contribution in [2.45, 2.75) is 44.8 Å². The number of alkyl halides is 3. The van der Waals surface area contributed by atoms with Crippen molar-refractivity contribution in [1.29, 1.82) is 0 Å². The van der Waals surface area contributed by atoms with Crippen molar-refractivity contribution in [2.24, 2.45) is 0 Å². The number of pyridine rings is 1. The summed E-state index contributed by atoms with van der Waals surface area (Å²) in [6.45, 7) is 4.58. The van der Waals surface area contributed by atoms with Gasteiger partial charge in [0.15, 0.2) is 0 Å². The second-order valence-electron chi connectivity index (χ2n) is 10.0. The van der Waals surface area contributed by atoms with Crippen LogP contribution >= 0.6 is 0 Å². The monoisotopic (exact) mass is 569 g/mol. The Hall–Kier alpha value is -4.28. The van der Waals surface area contributed by atoms with Crippen molar-refractivity contribution in [3.05, 3.63) is 71.4 Å². The first kappa shape index (κ1) is 28.3. The van der Waals surface area contributed by atoms with Gasteiger partial charge in [0.25, 0.3) is 0 Å². The van der Waals surface area contributed by atoms with E-state index in [4.69, 9.17) is 14.2 Å². The molecule has 1 aromatic heterocycles. The fourth-order valence-electron chi connectivity index (χ4n) is 5.33. The molecule has 0 N–H and O–H groups in total. The average Bonchev–Trinajstić information content (AvgIpc) is 3.55. The van der Waals surface area contributed by atoms with Crippen LogP contribution in [0.2, 0.25) is 0 Å². The van der Waals surface area contributed by atoms with Gasteiger partial charge in [-0.3, -0.25) is 14.5 Å². The van der Waals surface area contributed by atoms with Crippen LogP contribution in [-0.2, 0) is 14.3 Å². The number of amides is 1. The summed E-state index contributed by atoms with van der Waals surface area (Å²) in [5, 5.41) is 0. The Bertz CT molecular complexity index is 1460. The standard InChI is InChI=1S/C30H30F3N3O5/c1-4-12-35(26-13-18(2)10-11-34-26)23-7-5-6-22-24(17-41-28(22)23)36(29(38)30(31,32)33)20-8-9-21-19(14-27(37)39-3)16-40-25(21)15-20/h5-11,13,15,19,24H,4,12,14,16-17H2,1-3H3/t19-,24-/m1/s1. The molecule has 1 amide bonds. The molecule has 0 bridgehead atoms. The van der Waals surface area contributed by atoms with Crippen LogP contribution in [0.5, 0.6) is 11.5 Å². The summed E-state index contributed by atoms with van der Waals surface area (Å²) >= 11 is 0. The summed E-state index contributed by atoms with van der Waals surface area (Å²) in [7, 11) is 1.29. The van der Waals surface area contributed by atoms with Crippen molar-refractivity contribution in [3.63, 3.8) is 0 Å². The lowest BCUT2D eigenvalue weighted by molar-refractivity contribution is -0.171. The SMILES string of the molecule is CCCN(c1cc(C)ccn1)c1cccc2c1OC[C@H]2N(C(=O)C(F)(F)F)c1ccc2c(c1)OC[C@H]2CC(=O)OC. The maximum absolute atomic E-state index is 14.0. The lowest BCUT2D eigenvalue weighted by Crippen LogP contribution is -2.44. The summed E-state index contributed by atoms with van der Waals surface area (Å²) in [6.07, 6.45) is -2.57. The molecule has 0 fully saturated rings. The third-order valence-electron chi connectivity index (χ3n) is 7.25. The van der Waals surface area contributed by atoms with E-state index in [1.807, 2.05) is 36.9 Å². The smallest absolute Gasteiger partial charge is 0.471 e. The van der Waals surface area contributed by atoms with Crippen LogP contribution in [0, 0.1) is 6.92 Å². The summed E-state index contributed by atoms with van der Waals surface area (Å²) in [5.74, 6) is -1.31. The van der Waals surface area contributed by atoms with Gasteiger partial charge in [-0.15, -0.1) is 0 Å². The van der Waals surface area contributed by atoms with E-state index >= 15 is 0 Å². The number of fused-ring (bicyclic) bond motifs is 2. The van der Waals surface area contributed by atoms with E-state index in [0.29, 0.717) is 40.7 Å². The first-order chi connectivity index (χ1) is 19.6. The molecule has 0 aliphatic carbocycles. The number of carbonyl (C=O) groups excluding carboxylic acids is 2. The highest BCUT2D eigenvalue weighted by Gasteiger charge is 2.48. The average molecular weight is 570 g/mol. The highest BCUT2D eigenvalue weighted by atomic mass is 19.4. The van der Waals surface area contributed by atoms with Crippen LogP contribution in [0.25, 0.3) is 0 Å². The predicted molar refractivity (Wildman–Crippen MR) is 146 cm³/mol. The molecule has 5 rings (SSSR count). The number of hydrogen-bond acceptors (Lipinski definition) is 7. The van der Waals surface area contributed by atoms with Gasteiger partial charge in [0.2, 0.25) is 0 Å². The van der Waals surface area contributed by atoms with Crippen LogP contribution in [0.3, 0.4) is 0 Å². The van der Waals surface area contributed by atoms with Crippen molar-refractivity contribution in [1.82, 2.24) is 4.98 Å². The minimum atomic E-state index is -5.13. The first-order valence-corrected chi connectivity index (χ1v) is 13.3. The zero-order valence-corrected chi connectivity index (χ0v) is 22.9. The van der Waals surface area contributed by atoms with Crippen molar-refractivity contribution in [3.8, 4) is 11.5 Å². The fourth-order valence-corrected chi connectivity index (χ4v) is 5.33. The number of aryl methyl sites for hydroxylation is 1. The molecule has 2 aromatic carbocycles. The van der Waals surface area contributed by atoms with E-state index in [9.17, 15) is 22.8 Å². The summed E-state index contributed by atoms with van der Waals surface area (Å²) in [4.78, 5) is 31.9. The van der Waals surface area contributed by atoms with E-state index < -0.39 is 24.1 Å². The number of carbonyl (C=O) groups is 2. The Morgan fingerprint density at radius 3 is 2.59 bits per heavy atom. The van der Waals surface area contributed by atoms with E-state index in [0.717, 1.165) is 16.9 Å². The molecule has 0 saturated carbocycles. The van der Waals surface area contributed by atoms with Crippen molar-refractivity contribution < 1.29 is 37.0 Å². The second-order valence-corrected chi connectivity index (χ2v) is 10.0. The van der Waals surface area contributed by atoms with Gasteiger partial charge in [0.1, 0.15) is 23.9 Å². The number of hydrogen-bond donors (Lipinski definition) is 0. The first-order valence-electron chi connectivity index (χ1n) is 13.3. The van der Waals surface area contributed by atoms with E-state index in [1.165, 1.54) is 19.2 Å². The molecule has 2 aliphatic heterocycles. The molecule has 41 heavy (non-hydrogen) atoms. The Balaban J connectivity index is 1.54. The molecule has 216 valence electrons. The molecule has 11 heteroatoms. The fraction of sp³-hybridized carbons (Fsp3) is 0.367. The quantitative estimate of drug-likeness (QED) is 0.308. The largest absolute Gasteiger partial charge is 0.493 e. The molecule has 3 aromatic rings. The molecular weight excluding hydrogens is 539 g/mol. The van der Waals surface area contributed by atoms with Crippen LogP contribution in [0.15, 0.2) is 54.7 Å². The maximum Gasteiger partial charge on any atom is 0.471 e. The molecule has 2 atom stereocenters. The van der Waals surface area contributed by atoms with Crippen LogP contribution in [0.1, 0.15) is 48.4 Å². The molecule has 2 aliphatic rings. The van der Waals surface area contributed by atoms with Gasteiger partial charge in [-0.1, -0.05) is 25.1 Å². The lowest BCUT2D eigenvalue weighted by Gasteiger charge is -2.30. The number of para-hydroxylation sites is 1. The van der Waals surface area contributed by atoms with Gasteiger partial charge in [0, 0.05) is 41.5 Å². The zero-order chi connectivity index (χ0) is 29.3. The van der Waals surface area contributed by atoms with Gasteiger partial charge in [-0.2, -0.15) is 13.2 Å². The van der Waals surface area contributed by atoms with Gasteiger partial charge < -0.3 is 19.1 Å². The number of rotatable bonds is 8. The number of nitrogens with zero attached hydrogens (tertiary/aromatic N) is 3. The Morgan fingerprint density at radius 1 is 1.07 bits per heavy atom. The van der Waals surface area contributed by atoms with Crippen LogP contribution in [0.4, 0.5) is 30.4 Å². The molecule has 3 heterocycles. The van der Waals surface area contributed by atoms with Gasteiger partial charge in [-0.25, -0.2) is 4.98 Å². The number of benzene rings is 2. The molecule has 0 saturated heterocycles. The highest BCUT2D eigenvalue weighted by Crippen LogP contribution is 2.48. The minimum absolute atomic E-state index is 0.0161. The third kappa shape index (κ3) is 5.53. The summed E-state index contributed by atoms with van der Waals surface area (Å²) < 4.78 is 58.4. The number of anilines is 3. The number of halogens is 3. The third-order valence-corrected chi connectivity index (χ3v) is 7.25. The van der Waals surface area contributed by atoms with E-state index in [2.05, 4.69) is 4.98 Å². The molecule has 0 spiro atoms. The van der Waals surface area contributed by atoms with Crippen LogP contribution in [-0.4, -0.2) is 49.9 Å². The maximum atomic E-state index is 14.0. The predicted octanol–water partition coefficient (Wildman–Crippen LogP) is 6.01. The Kier molecular flexibility index (Phi) is 7.79. The summed E-state index contributed by atoms with van der Waals surface area (Å²) in [5.41, 5.74) is 2.82.